The van der Waals surface area contributed by atoms with Crippen molar-refractivity contribution in [1.29, 1.82) is 0 Å². The summed E-state index contributed by atoms with van der Waals surface area (Å²) in [7, 11) is 0. The standard InChI is InChI=1S/2C10H7.C2H6Si.2ClH.Zr/c2*1-8-6-9-4-2-3-5-10(9)7-8;1-3-2;;;/h2*2-6H,1H2;1-2H3;2*1H;/q2*-1;;;;+2/p-2. The first-order valence-corrected chi connectivity index (χ1v) is 14.0. The van der Waals surface area contributed by atoms with Gasteiger partial charge in [-0.05, 0) is 0 Å². The molecule has 2 aromatic rings. The summed E-state index contributed by atoms with van der Waals surface area (Å²) < 4.78 is 0. The molecule has 0 heterocycles. The van der Waals surface area contributed by atoms with Crippen LogP contribution in [0, 0.1) is 0 Å². The van der Waals surface area contributed by atoms with Gasteiger partial charge in [0.05, 0.1) is 0 Å². The molecule has 0 nitrogen and oxygen atoms in total. The van der Waals surface area contributed by atoms with Crippen LogP contribution in [-0.2, 0) is 23.3 Å². The Morgan fingerprint density at radius 3 is 1.35 bits per heavy atom. The van der Waals surface area contributed by atoms with Crippen LogP contribution >= 0.6 is 0 Å². The van der Waals surface area contributed by atoms with Crippen LogP contribution in [0.5, 0.6) is 0 Å². The fraction of sp³-hybridized carbons (Fsp3) is 0.0909. The molecule has 0 unspecified atom stereocenters. The van der Waals surface area contributed by atoms with Crippen molar-refractivity contribution in [1.82, 2.24) is 0 Å². The van der Waals surface area contributed by atoms with Gasteiger partial charge in [-0.3, -0.25) is 0 Å². The van der Waals surface area contributed by atoms with Gasteiger partial charge >= 0.3 is 41.9 Å². The number of allylic oxidation sites excluding steroid dienone is 2. The molecule has 0 fully saturated rings. The van der Waals surface area contributed by atoms with Crippen molar-refractivity contribution in [3.63, 3.8) is 0 Å². The first-order valence-electron chi connectivity index (χ1n) is 7.77. The quantitative estimate of drug-likeness (QED) is 0.271. The second-order valence-corrected chi connectivity index (χ2v) is 15.1. The molecule has 0 aliphatic heterocycles. The zero-order valence-electron chi connectivity index (χ0n) is 14.9. The molecule has 26 heavy (non-hydrogen) atoms. The van der Waals surface area contributed by atoms with E-state index in [1.165, 1.54) is 10.4 Å². The summed E-state index contributed by atoms with van der Waals surface area (Å²) in [6.45, 7) is 12.2. The molecular weight excluding hydrogens is 454 g/mol. The van der Waals surface area contributed by atoms with E-state index >= 15 is 0 Å². The Balaban J connectivity index is 0.000000378. The van der Waals surface area contributed by atoms with Crippen LogP contribution in [0.15, 0.2) is 72.8 Å². The van der Waals surface area contributed by atoms with Crippen molar-refractivity contribution in [2.75, 3.05) is 0 Å². The third-order valence-corrected chi connectivity index (χ3v) is 3.17. The molecule has 0 saturated heterocycles. The van der Waals surface area contributed by atoms with Crippen LogP contribution in [0.2, 0.25) is 13.1 Å². The van der Waals surface area contributed by atoms with E-state index in [1.807, 2.05) is 48.6 Å². The van der Waals surface area contributed by atoms with Crippen molar-refractivity contribution >= 4 is 29.7 Å². The molecule has 0 radical (unpaired) electrons. The maximum atomic E-state index is 3.80. The molecule has 0 atom stereocenters. The monoisotopic (exact) mass is 472 g/mol. The Labute approximate surface area is 183 Å². The van der Waals surface area contributed by atoms with Gasteiger partial charge in [-0.25, -0.2) is 0 Å². The fourth-order valence-electron chi connectivity index (χ4n) is 2.27. The minimum atomic E-state index is 0. The molecule has 0 bridgehead atoms. The van der Waals surface area contributed by atoms with Gasteiger partial charge < -0.3 is 24.8 Å². The van der Waals surface area contributed by atoms with E-state index in [-0.39, 0.29) is 30.2 Å². The van der Waals surface area contributed by atoms with E-state index in [0.29, 0.717) is 0 Å². The molecule has 132 valence electrons. The Morgan fingerprint density at radius 2 is 1.04 bits per heavy atom. The number of hydrogen-bond donors (Lipinski definition) is 0. The van der Waals surface area contributed by atoms with Gasteiger partial charge in [-0.2, -0.15) is 13.2 Å². The molecule has 0 spiro atoms. The summed E-state index contributed by atoms with van der Waals surface area (Å²) in [5.74, 6) is 0. The van der Waals surface area contributed by atoms with Crippen molar-refractivity contribution in [3.8, 4) is 0 Å². The smallest absolute Gasteiger partial charge is 1.00 e. The molecule has 2 aromatic carbocycles. The topological polar surface area (TPSA) is 0 Å². The van der Waals surface area contributed by atoms with Crippen molar-refractivity contribution < 1.29 is 48.1 Å². The Kier molecular flexibility index (Phi) is 12.0. The minimum Gasteiger partial charge on any atom is -1.00 e. The third-order valence-electron chi connectivity index (χ3n) is 3.17. The van der Waals surface area contributed by atoms with Gasteiger partial charge in [-0.1, -0.05) is 36.4 Å². The molecule has 0 aromatic heterocycles. The second kappa shape index (κ2) is 12.5. The van der Waals surface area contributed by atoms with Crippen LogP contribution in [0.4, 0.5) is 0 Å². The van der Waals surface area contributed by atoms with E-state index in [1.54, 1.807) is 23.3 Å². The average Bonchev–Trinajstić information content (AvgIpc) is 3.07. The summed E-state index contributed by atoms with van der Waals surface area (Å²) in [4.78, 5) is 0. The number of halogens is 2. The molecule has 2 aliphatic rings. The van der Waals surface area contributed by atoms with Crippen LogP contribution in [0.1, 0.15) is 0 Å². The fourth-order valence-corrected chi connectivity index (χ4v) is 2.27. The summed E-state index contributed by atoms with van der Waals surface area (Å²) >= 11 is 1.74. The van der Waals surface area contributed by atoms with Crippen LogP contribution in [-0.4, -0.2) is 5.43 Å². The number of fused-ring (bicyclic) bond motifs is 2. The second-order valence-electron chi connectivity index (χ2n) is 5.76. The van der Waals surface area contributed by atoms with Crippen LogP contribution < -0.4 is 45.7 Å². The number of rotatable bonds is 0. The first-order chi connectivity index (χ1) is 11.5. The van der Waals surface area contributed by atoms with E-state index < -0.39 is 0 Å². The molecule has 0 N–H and O–H groups in total. The molecule has 2 aliphatic carbocycles. The van der Waals surface area contributed by atoms with Gasteiger partial charge in [0.1, 0.15) is 0 Å². The minimum absolute atomic E-state index is 0. The van der Waals surface area contributed by atoms with E-state index in [0.717, 1.165) is 21.6 Å². The van der Waals surface area contributed by atoms with Gasteiger partial charge in [0.25, 0.3) is 0 Å². The SMILES string of the molecule is C=C1[C-]=c2ccccc2=C1.C=C1[C-]=c2ccccc2=C1.C[Si](C)=[Zr+2].[Cl-].[Cl-]. The maximum absolute atomic E-state index is 3.80. The summed E-state index contributed by atoms with van der Waals surface area (Å²) in [6, 6.07) is 16.3. The summed E-state index contributed by atoms with van der Waals surface area (Å²) in [6.07, 6.45) is 10.4. The summed E-state index contributed by atoms with van der Waals surface area (Å²) in [5.41, 5.74) is 2.16. The van der Waals surface area contributed by atoms with E-state index in [9.17, 15) is 0 Å². The van der Waals surface area contributed by atoms with Gasteiger partial charge in [-0.15, -0.1) is 68.5 Å². The Morgan fingerprint density at radius 1 is 0.731 bits per heavy atom. The van der Waals surface area contributed by atoms with E-state index in [2.05, 4.69) is 50.5 Å². The van der Waals surface area contributed by atoms with Crippen molar-refractivity contribution in [2.45, 2.75) is 13.1 Å². The number of benzene rings is 2. The Bertz CT molecular complexity index is 879. The normalized spacial score (nSPS) is 11.7. The average molecular weight is 475 g/mol. The van der Waals surface area contributed by atoms with Crippen molar-refractivity contribution in [2.24, 2.45) is 0 Å². The van der Waals surface area contributed by atoms with E-state index in [4.69, 9.17) is 0 Å². The van der Waals surface area contributed by atoms with Gasteiger partial charge in [0, 0.05) is 0 Å². The molecule has 0 amide bonds. The largest absolute Gasteiger partial charge is 1.00 e. The zero-order chi connectivity index (χ0) is 17.5. The third kappa shape index (κ3) is 8.18. The van der Waals surface area contributed by atoms with Crippen LogP contribution in [0.3, 0.4) is 0 Å². The molecule has 0 saturated carbocycles. The van der Waals surface area contributed by atoms with Crippen molar-refractivity contribution in [3.05, 3.63) is 93.7 Å². The predicted molar refractivity (Wildman–Crippen MR) is 103 cm³/mol. The number of hydrogen-bond acceptors (Lipinski definition) is 0. The Hall–Kier alpha value is -0.920. The predicted octanol–water partition coefficient (Wildman–Crippen LogP) is -3.82. The molecular formula is C22H20Cl2SiZr-2. The zero-order valence-corrected chi connectivity index (χ0v) is 19.9. The summed E-state index contributed by atoms with van der Waals surface area (Å²) in [5, 5.41) is 4.78. The first kappa shape index (κ1) is 25.1. The van der Waals surface area contributed by atoms with Gasteiger partial charge in [0.15, 0.2) is 0 Å². The van der Waals surface area contributed by atoms with Gasteiger partial charge in [0.2, 0.25) is 0 Å². The molecule has 4 heteroatoms. The maximum Gasteiger partial charge on any atom is -1.00 e. The van der Waals surface area contributed by atoms with Crippen LogP contribution in [0.25, 0.3) is 24.3 Å². The molecule has 4 rings (SSSR count).